The Morgan fingerprint density at radius 1 is 1.65 bits per heavy atom. The molecule has 2 aromatic rings. The Labute approximate surface area is 102 Å². The molecule has 17 heavy (non-hydrogen) atoms. The van der Waals surface area contributed by atoms with Crippen molar-refractivity contribution >= 4 is 32.6 Å². The topological polar surface area (TPSA) is 75.0 Å². The van der Waals surface area contributed by atoms with Crippen molar-refractivity contribution in [3.05, 3.63) is 18.2 Å². The third-order valence-corrected chi connectivity index (χ3v) is 3.02. The Morgan fingerprint density at radius 2 is 2.47 bits per heavy atom. The molecule has 86 valence electrons. The first-order valence-electron chi connectivity index (χ1n) is 4.84. The summed E-state index contributed by atoms with van der Waals surface area (Å²) in [4.78, 5) is 15.5. The zero-order chi connectivity index (χ0) is 12.3. The number of ether oxygens (including phenoxy) is 1. The number of hydrogen-bond donors (Lipinski definition) is 1. The molecule has 0 atom stereocenters. The Balaban J connectivity index is 2.26. The molecule has 0 unspecified atom stereocenters. The number of amides is 1. The van der Waals surface area contributed by atoms with Gasteiger partial charge in [0.1, 0.15) is 12.2 Å². The van der Waals surface area contributed by atoms with Gasteiger partial charge in [-0.15, -0.1) is 0 Å². The van der Waals surface area contributed by atoms with Gasteiger partial charge in [0.15, 0.2) is 5.13 Å². The van der Waals surface area contributed by atoms with Crippen LogP contribution in [0.15, 0.2) is 18.2 Å². The van der Waals surface area contributed by atoms with E-state index in [0.29, 0.717) is 5.13 Å². The molecule has 0 spiro atoms. The highest BCUT2D eigenvalue weighted by atomic mass is 32.1. The van der Waals surface area contributed by atoms with Gasteiger partial charge < -0.3 is 10.1 Å². The average molecular weight is 247 g/mol. The lowest BCUT2D eigenvalue weighted by Gasteiger charge is -1.96. The number of nitrogens with zero attached hydrogens (tertiary/aromatic N) is 2. The second-order valence-corrected chi connectivity index (χ2v) is 4.27. The molecule has 1 amide bonds. The second-order valence-electron chi connectivity index (χ2n) is 3.24. The van der Waals surface area contributed by atoms with Gasteiger partial charge >= 0.3 is 0 Å². The Hall–Kier alpha value is -2.13. The van der Waals surface area contributed by atoms with Crippen molar-refractivity contribution in [2.45, 2.75) is 6.42 Å². The Morgan fingerprint density at radius 3 is 3.18 bits per heavy atom. The van der Waals surface area contributed by atoms with E-state index in [2.05, 4.69) is 10.3 Å². The first kappa shape index (κ1) is 11.4. The van der Waals surface area contributed by atoms with Gasteiger partial charge in [0.05, 0.1) is 23.4 Å². The van der Waals surface area contributed by atoms with Crippen LogP contribution in [0.2, 0.25) is 0 Å². The largest absolute Gasteiger partial charge is 0.497 e. The van der Waals surface area contributed by atoms with Crippen LogP contribution in [0, 0.1) is 11.3 Å². The highest BCUT2D eigenvalue weighted by Crippen LogP contribution is 2.29. The fourth-order valence-electron chi connectivity index (χ4n) is 1.32. The maximum Gasteiger partial charge on any atom is 0.240 e. The van der Waals surface area contributed by atoms with E-state index in [-0.39, 0.29) is 12.3 Å². The molecular weight excluding hydrogens is 238 g/mol. The molecule has 1 aromatic carbocycles. The molecule has 0 aliphatic carbocycles. The number of benzene rings is 1. The van der Waals surface area contributed by atoms with Crippen molar-refractivity contribution < 1.29 is 9.53 Å². The van der Waals surface area contributed by atoms with Crippen LogP contribution in [-0.2, 0) is 4.79 Å². The van der Waals surface area contributed by atoms with E-state index in [1.54, 1.807) is 13.2 Å². The number of rotatable bonds is 3. The third kappa shape index (κ3) is 2.52. The van der Waals surface area contributed by atoms with Crippen molar-refractivity contribution in [1.82, 2.24) is 4.98 Å². The van der Waals surface area contributed by atoms with Crippen molar-refractivity contribution in [2.24, 2.45) is 0 Å². The van der Waals surface area contributed by atoms with Gasteiger partial charge in [-0.3, -0.25) is 4.79 Å². The van der Waals surface area contributed by atoms with E-state index in [1.807, 2.05) is 18.2 Å². The molecule has 0 fully saturated rings. The zero-order valence-electron chi connectivity index (χ0n) is 9.06. The average Bonchev–Trinajstić information content (AvgIpc) is 2.69. The van der Waals surface area contributed by atoms with E-state index in [1.165, 1.54) is 11.3 Å². The van der Waals surface area contributed by atoms with Crippen LogP contribution in [0.5, 0.6) is 5.75 Å². The molecule has 0 aliphatic rings. The van der Waals surface area contributed by atoms with Gasteiger partial charge in [-0.1, -0.05) is 11.3 Å². The van der Waals surface area contributed by atoms with E-state index in [0.717, 1.165) is 16.0 Å². The molecule has 1 N–H and O–H groups in total. The lowest BCUT2D eigenvalue weighted by Crippen LogP contribution is -2.09. The summed E-state index contributed by atoms with van der Waals surface area (Å²) in [6.07, 6.45) is -0.167. The summed E-state index contributed by atoms with van der Waals surface area (Å²) in [6.45, 7) is 0. The summed E-state index contributed by atoms with van der Waals surface area (Å²) >= 11 is 1.35. The van der Waals surface area contributed by atoms with Gasteiger partial charge in [0, 0.05) is 0 Å². The standard InChI is InChI=1S/C11H9N3O2S/c1-16-7-2-3-8-9(6-7)17-11(13-8)14-10(15)4-5-12/h2-3,6H,4H2,1H3,(H,13,14,15). The normalized spacial score (nSPS) is 9.88. The Bertz CT molecular complexity index is 600. The highest BCUT2D eigenvalue weighted by Gasteiger charge is 2.07. The van der Waals surface area contributed by atoms with Crippen LogP contribution in [0.25, 0.3) is 10.2 Å². The molecule has 0 saturated carbocycles. The fourth-order valence-corrected chi connectivity index (χ4v) is 2.23. The number of nitrogens with one attached hydrogen (secondary N) is 1. The minimum atomic E-state index is -0.349. The fraction of sp³-hybridized carbons (Fsp3) is 0.182. The van der Waals surface area contributed by atoms with E-state index in [4.69, 9.17) is 10.00 Å². The summed E-state index contributed by atoms with van der Waals surface area (Å²) < 4.78 is 6.03. The minimum absolute atomic E-state index is 0.167. The molecule has 1 aromatic heterocycles. The quantitative estimate of drug-likeness (QED) is 0.901. The number of aromatic nitrogens is 1. The predicted octanol–water partition coefficient (Wildman–Crippen LogP) is 2.16. The van der Waals surface area contributed by atoms with Gasteiger partial charge in [0.2, 0.25) is 5.91 Å². The highest BCUT2D eigenvalue weighted by molar-refractivity contribution is 7.22. The van der Waals surface area contributed by atoms with Gasteiger partial charge in [0.25, 0.3) is 0 Å². The monoisotopic (exact) mass is 247 g/mol. The number of methoxy groups -OCH3 is 1. The molecule has 0 saturated heterocycles. The molecule has 5 nitrogen and oxygen atoms in total. The van der Waals surface area contributed by atoms with Crippen LogP contribution in [0.4, 0.5) is 5.13 Å². The predicted molar refractivity (Wildman–Crippen MR) is 65.0 cm³/mol. The third-order valence-electron chi connectivity index (χ3n) is 2.08. The van der Waals surface area contributed by atoms with Crippen LogP contribution >= 0.6 is 11.3 Å². The van der Waals surface area contributed by atoms with Gasteiger partial charge in [-0.25, -0.2) is 4.98 Å². The smallest absolute Gasteiger partial charge is 0.240 e. The maximum absolute atomic E-state index is 11.2. The number of carbonyl (C=O) groups is 1. The molecule has 6 heteroatoms. The van der Waals surface area contributed by atoms with Crippen molar-refractivity contribution in [2.75, 3.05) is 12.4 Å². The molecule has 0 radical (unpaired) electrons. The van der Waals surface area contributed by atoms with Crippen LogP contribution in [0.3, 0.4) is 0 Å². The molecule has 0 aliphatic heterocycles. The van der Waals surface area contributed by atoms with E-state index >= 15 is 0 Å². The number of carbonyl (C=O) groups excluding carboxylic acids is 1. The lowest BCUT2D eigenvalue weighted by molar-refractivity contribution is -0.115. The maximum atomic E-state index is 11.2. The van der Waals surface area contributed by atoms with Gasteiger partial charge in [-0.05, 0) is 18.2 Å². The number of fused-ring (bicyclic) bond motifs is 1. The summed E-state index contributed by atoms with van der Waals surface area (Å²) in [5, 5.41) is 11.4. The summed E-state index contributed by atoms with van der Waals surface area (Å²) in [6, 6.07) is 7.27. The number of hydrogen-bond acceptors (Lipinski definition) is 5. The van der Waals surface area contributed by atoms with Gasteiger partial charge in [-0.2, -0.15) is 5.26 Å². The SMILES string of the molecule is COc1ccc2nc(NC(=O)CC#N)sc2c1. The second kappa shape index (κ2) is 4.80. The van der Waals surface area contributed by atoms with Crippen molar-refractivity contribution in [3.8, 4) is 11.8 Å². The summed E-state index contributed by atoms with van der Waals surface area (Å²) in [5.41, 5.74) is 0.794. The first-order chi connectivity index (χ1) is 8.22. The van der Waals surface area contributed by atoms with Crippen LogP contribution in [-0.4, -0.2) is 18.0 Å². The zero-order valence-corrected chi connectivity index (χ0v) is 9.87. The lowest BCUT2D eigenvalue weighted by atomic mass is 10.3. The number of thiazole rings is 1. The van der Waals surface area contributed by atoms with Crippen molar-refractivity contribution in [1.29, 1.82) is 5.26 Å². The summed E-state index contributed by atoms with van der Waals surface area (Å²) in [7, 11) is 1.60. The minimum Gasteiger partial charge on any atom is -0.497 e. The summed E-state index contributed by atoms with van der Waals surface area (Å²) in [5.74, 6) is 0.398. The molecule has 0 bridgehead atoms. The first-order valence-corrected chi connectivity index (χ1v) is 5.66. The Kier molecular flexibility index (Phi) is 3.21. The molecule has 1 heterocycles. The van der Waals surface area contributed by atoms with Crippen LogP contribution < -0.4 is 10.1 Å². The number of nitriles is 1. The number of anilines is 1. The van der Waals surface area contributed by atoms with E-state index < -0.39 is 0 Å². The van der Waals surface area contributed by atoms with E-state index in [9.17, 15) is 4.79 Å². The van der Waals surface area contributed by atoms with Crippen molar-refractivity contribution in [3.63, 3.8) is 0 Å². The van der Waals surface area contributed by atoms with Crippen LogP contribution in [0.1, 0.15) is 6.42 Å². The molecule has 2 rings (SSSR count). The molecular formula is C11H9N3O2S.